The van der Waals surface area contributed by atoms with E-state index in [-0.39, 0.29) is 10.7 Å². The first kappa shape index (κ1) is 23.3. The smallest absolute Gasteiger partial charge is 0.269 e. The number of nitro benzene ring substituents is 1. The Morgan fingerprint density at radius 1 is 1.23 bits per heavy atom. The number of nitrogens with one attached hydrogen (secondary N) is 3. The highest BCUT2D eigenvalue weighted by atomic mass is 32.2. The van der Waals surface area contributed by atoms with Crippen LogP contribution in [0.5, 0.6) is 0 Å². The monoisotopic (exact) mass is 454 g/mol. The van der Waals surface area contributed by atoms with Crippen molar-refractivity contribution < 1.29 is 22.5 Å². The Bertz CT molecular complexity index is 1080. The molecule has 12 heteroatoms. The third-order valence-corrected chi connectivity index (χ3v) is 5.98. The minimum Gasteiger partial charge on any atom is -0.352 e. The average Bonchev–Trinajstić information content (AvgIpc) is 2.68. The normalized spacial score (nSPS) is 13.2. The van der Waals surface area contributed by atoms with Crippen LogP contribution in [0.1, 0.15) is 22.8 Å². The summed E-state index contributed by atoms with van der Waals surface area (Å²) in [4.78, 5) is 22.7. The molecule has 0 spiro atoms. The van der Waals surface area contributed by atoms with Crippen LogP contribution in [0.3, 0.4) is 0 Å². The number of hydrogen-bond acceptors (Lipinski definition) is 6. The van der Waals surface area contributed by atoms with Crippen LogP contribution < -0.4 is 15.4 Å². The maximum Gasteiger partial charge on any atom is 0.269 e. The highest BCUT2D eigenvalue weighted by Gasteiger charge is 2.36. The summed E-state index contributed by atoms with van der Waals surface area (Å²) in [6, 6.07) is 10.9. The van der Waals surface area contributed by atoms with Gasteiger partial charge in [-0.25, -0.2) is 17.5 Å². The maximum absolute atomic E-state index is 14.6. The Morgan fingerprint density at radius 2 is 1.87 bits per heavy atom. The topological polar surface area (TPSA) is 130 Å². The molecule has 1 unspecified atom stereocenters. The molecule has 0 saturated carbocycles. The minimum atomic E-state index is -3.92. The van der Waals surface area contributed by atoms with Crippen LogP contribution >= 0.6 is 12.2 Å². The average molecular weight is 455 g/mol. The Labute approximate surface area is 177 Å². The van der Waals surface area contributed by atoms with Gasteiger partial charge in [0.2, 0.25) is 10.0 Å². The van der Waals surface area contributed by atoms with E-state index in [0.717, 1.165) is 18.2 Å². The Morgan fingerprint density at radius 3 is 2.43 bits per heavy atom. The van der Waals surface area contributed by atoms with Gasteiger partial charge in [0.25, 0.3) is 11.6 Å². The first-order valence-corrected chi connectivity index (χ1v) is 10.6. The van der Waals surface area contributed by atoms with Gasteiger partial charge in [0.05, 0.1) is 16.2 Å². The fraction of sp³-hybridized carbons (Fsp3) is 0.222. The van der Waals surface area contributed by atoms with E-state index >= 15 is 0 Å². The number of thiocarbonyl (C=S) groups is 1. The molecule has 0 aliphatic carbocycles. The van der Waals surface area contributed by atoms with Crippen LogP contribution in [0, 0.1) is 15.9 Å². The van der Waals surface area contributed by atoms with Gasteiger partial charge in [-0.2, -0.15) is 0 Å². The summed E-state index contributed by atoms with van der Waals surface area (Å²) >= 11 is 5.12. The number of benzene rings is 2. The molecule has 0 aliphatic rings. The lowest BCUT2D eigenvalue weighted by Gasteiger charge is -2.32. The molecule has 0 radical (unpaired) electrons. The van der Waals surface area contributed by atoms with Crippen LogP contribution in [0.4, 0.5) is 10.1 Å². The van der Waals surface area contributed by atoms with E-state index < -0.39 is 43.7 Å². The number of nitrogens with zero attached hydrogens (tertiary/aromatic N) is 1. The summed E-state index contributed by atoms with van der Waals surface area (Å²) in [7, 11) is -2.75. The third kappa shape index (κ3) is 5.78. The van der Waals surface area contributed by atoms with Crippen LogP contribution in [-0.2, 0) is 15.6 Å². The Kier molecular flexibility index (Phi) is 7.18. The molecular weight excluding hydrogens is 435 g/mol. The van der Waals surface area contributed by atoms with E-state index in [1.165, 1.54) is 14.0 Å². The van der Waals surface area contributed by atoms with Gasteiger partial charge < -0.3 is 5.32 Å². The molecule has 0 fully saturated rings. The van der Waals surface area contributed by atoms with Crippen LogP contribution in [0.2, 0.25) is 0 Å². The molecule has 9 nitrogen and oxygen atoms in total. The number of amides is 1. The fourth-order valence-electron chi connectivity index (χ4n) is 2.73. The lowest BCUT2D eigenvalue weighted by Crippen LogP contribution is -2.54. The van der Waals surface area contributed by atoms with E-state index in [0.29, 0.717) is 5.56 Å². The van der Waals surface area contributed by atoms with Gasteiger partial charge in [0.1, 0.15) is 5.82 Å². The Hall–Kier alpha value is -2.96. The van der Waals surface area contributed by atoms with Crippen molar-refractivity contribution in [2.75, 3.05) is 12.8 Å². The van der Waals surface area contributed by atoms with Gasteiger partial charge in [-0.15, -0.1) is 0 Å². The van der Waals surface area contributed by atoms with Crippen molar-refractivity contribution in [3.8, 4) is 0 Å². The first-order chi connectivity index (χ1) is 14.0. The van der Waals surface area contributed by atoms with Crippen molar-refractivity contribution in [1.29, 1.82) is 0 Å². The second-order valence-electron chi connectivity index (χ2n) is 6.49. The molecule has 30 heavy (non-hydrogen) atoms. The van der Waals surface area contributed by atoms with Gasteiger partial charge in [-0.3, -0.25) is 20.2 Å². The molecule has 3 N–H and O–H groups in total. The number of non-ortho nitro benzene ring substituents is 1. The van der Waals surface area contributed by atoms with Gasteiger partial charge in [-0.05, 0) is 44.4 Å². The van der Waals surface area contributed by atoms with Crippen molar-refractivity contribution in [1.82, 2.24) is 15.4 Å². The summed E-state index contributed by atoms with van der Waals surface area (Å²) in [5.74, 6) is -2.15. The summed E-state index contributed by atoms with van der Waals surface area (Å²) in [5, 5.41) is 15.8. The molecule has 0 aliphatic heterocycles. The number of carbonyl (C=O) groups is 1. The number of halogens is 1. The minimum absolute atomic E-state index is 0.274. The largest absolute Gasteiger partial charge is 0.352 e. The third-order valence-electron chi connectivity index (χ3n) is 4.20. The number of nitro groups is 1. The molecule has 1 atom stereocenters. The van der Waals surface area contributed by atoms with E-state index in [1.54, 1.807) is 30.3 Å². The molecular formula is C18H19FN4O5S2. The zero-order valence-electron chi connectivity index (χ0n) is 16.0. The number of hydrogen-bond donors (Lipinski definition) is 3. The second-order valence-corrected chi connectivity index (χ2v) is 8.83. The van der Waals surface area contributed by atoms with E-state index in [2.05, 4.69) is 15.4 Å². The van der Waals surface area contributed by atoms with Gasteiger partial charge in [-0.1, -0.05) is 18.2 Å². The highest BCUT2D eigenvalue weighted by molar-refractivity contribution is 7.89. The van der Waals surface area contributed by atoms with Gasteiger partial charge >= 0.3 is 0 Å². The second kappa shape index (κ2) is 9.24. The van der Waals surface area contributed by atoms with Crippen LogP contribution in [-0.4, -0.2) is 37.2 Å². The summed E-state index contributed by atoms with van der Waals surface area (Å²) in [6.45, 7) is 1.31. The quantitative estimate of drug-likeness (QED) is 0.330. The highest BCUT2D eigenvalue weighted by Crippen LogP contribution is 2.29. The molecule has 0 bridgehead atoms. The van der Waals surface area contributed by atoms with Crippen molar-refractivity contribution in [3.63, 3.8) is 0 Å². The number of rotatable bonds is 7. The summed E-state index contributed by atoms with van der Waals surface area (Å²) < 4.78 is 41.1. The predicted octanol–water partition coefficient (Wildman–Crippen LogP) is 1.80. The van der Waals surface area contributed by atoms with E-state index in [4.69, 9.17) is 12.2 Å². The van der Waals surface area contributed by atoms with E-state index in [9.17, 15) is 27.7 Å². The van der Waals surface area contributed by atoms with Crippen molar-refractivity contribution in [2.45, 2.75) is 12.5 Å². The zero-order chi connectivity index (χ0) is 22.5. The van der Waals surface area contributed by atoms with Gasteiger partial charge in [0.15, 0.2) is 5.11 Å². The molecule has 1 amide bonds. The van der Waals surface area contributed by atoms with Crippen molar-refractivity contribution in [3.05, 3.63) is 75.6 Å². The molecule has 0 saturated heterocycles. The molecule has 2 aromatic carbocycles. The van der Waals surface area contributed by atoms with Crippen molar-refractivity contribution >= 4 is 38.9 Å². The van der Waals surface area contributed by atoms with Crippen molar-refractivity contribution in [2.24, 2.45) is 0 Å². The summed E-state index contributed by atoms with van der Waals surface area (Å²) in [6.07, 6.45) is 0. The first-order valence-electron chi connectivity index (χ1n) is 8.51. The van der Waals surface area contributed by atoms with Gasteiger partial charge in [0, 0.05) is 23.3 Å². The molecule has 160 valence electrons. The number of sulfonamides is 1. The lowest BCUT2D eigenvalue weighted by atomic mass is 9.93. The van der Waals surface area contributed by atoms with Crippen LogP contribution in [0.25, 0.3) is 0 Å². The molecule has 2 rings (SSSR count). The predicted molar refractivity (Wildman–Crippen MR) is 113 cm³/mol. The SMILES string of the molecule is CNS(=O)(=O)CC(C)(NC(=S)NC(=O)c1ccccc1)c1cc([N+](=O)[O-])ccc1F. The fourth-order valence-corrected chi connectivity index (χ4v) is 4.18. The standard InChI is InChI=1S/C18H19FN4O5S2/c1-18(11-30(27,28)20-2,14-10-13(23(25)26)8-9-15(14)19)22-17(29)21-16(24)12-6-4-3-5-7-12/h3-10,20H,11H2,1-2H3,(H2,21,22,24,29). The number of carbonyl (C=O) groups excluding carboxylic acids is 1. The zero-order valence-corrected chi connectivity index (χ0v) is 17.6. The molecule has 0 aromatic heterocycles. The van der Waals surface area contributed by atoms with Crippen LogP contribution in [0.15, 0.2) is 48.5 Å². The maximum atomic E-state index is 14.6. The Balaban J connectivity index is 2.40. The summed E-state index contributed by atoms with van der Waals surface area (Å²) in [5.41, 5.74) is -2.17. The van der Waals surface area contributed by atoms with E-state index in [1.807, 2.05) is 0 Å². The molecule has 0 heterocycles. The molecule has 2 aromatic rings. The lowest BCUT2D eigenvalue weighted by molar-refractivity contribution is -0.385.